The molecule has 0 aliphatic carbocycles. The monoisotopic (exact) mass is 351 g/mol. The van der Waals surface area contributed by atoms with Gasteiger partial charge in [-0.1, -0.05) is 12.1 Å². The molecule has 3 N–H and O–H groups in total. The van der Waals surface area contributed by atoms with E-state index < -0.39 is 16.0 Å². The van der Waals surface area contributed by atoms with Crippen molar-refractivity contribution < 1.29 is 17.9 Å². The van der Waals surface area contributed by atoms with E-state index in [1.54, 1.807) is 24.3 Å². The number of nitrogens with zero attached hydrogens (tertiary/aromatic N) is 2. The number of unbranched alkanes of at least 4 members (excludes halogenated alkanes) is 1. The topological polar surface area (TPSA) is 86.9 Å². The summed E-state index contributed by atoms with van der Waals surface area (Å²) in [5.41, 5.74) is 6.24. The highest BCUT2D eigenvalue weighted by Crippen LogP contribution is 2.46. The first kappa shape index (κ1) is 16.5. The van der Waals surface area contributed by atoms with E-state index in [1.807, 2.05) is 0 Å². The van der Waals surface area contributed by atoms with Gasteiger partial charge in [-0.2, -0.15) is 8.42 Å². The quantitative estimate of drug-likeness (QED) is 0.810. The number of halogens is 1. The van der Waals surface area contributed by atoms with Crippen molar-refractivity contribution >= 4 is 27.3 Å². The minimum Gasteiger partial charge on any atom is -0.508 e. The highest BCUT2D eigenvalue weighted by Gasteiger charge is 2.41. The zero-order valence-corrected chi connectivity index (χ0v) is 13.7. The number of hydrogen-bond acceptors (Lipinski definition) is 4. The van der Waals surface area contributed by atoms with Gasteiger partial charge in [0.25, 0.3) is 0 Å². The fourth-order valence-corrected chi connectivity index (χ4v) is 4.50. The van der Waals surface area contributed by atoms with Crippen LogP contribution in [0.2, 0.25) is 0 Å². The maximum Gasteiger partial charge on any atom is 0.331 e. The normalized spacial score (nSPS) is 15.6. The molecule has 0 saturated heterocycles. The molecule has 2 aromatic rings. The van der Waals surface area contributed by atoms with Gasteiger partial charge >= 0.3 is 10.2 Å². The second kappa shape index (κ2) is 6.29. The van der Waals surface area contributed by atoms with Crippen molar-refractivity contribution in [3.05, 3.63) is 48.3 Å². The van der Waals surface area contributed by atoms with Gasteiger partial charge in [-0.25, -0.2) is 8.70 Å². The van der Waals surface area contributed by atoms with Crippen LogP contribution in [-0.2, 0) is 10.2 Å². The van der Waals surface area contributed by atoms with Crippen LogP contribution in [0, 0.1) is 5.82 Å². The summed E-state index contributed by atoms with van der Waals surface area (Å²) in [5.74, 6) is -1.07. The average molecular weight is 351 g/mol. The number of aromatic hydroxyl groups is 1. The van der Waals surface area contributed by atoms with Gasteiger partial charge in [0.2, 0.25) is 0 Å². The van der Waals surface area contributed by atoms with Crippen molar-refractivity contribution in [2.75, 3.05) is 21.7 Å². The number of rotatable bonds is 5. The standard InChI is InChI=1S/C16H18FN3O3S/c17-13-11-12(21)7-8-14(13)20-16-6-2-1-5-15(16)19(24(20,22)23)10-4-3-9-18/h1-2,5-8,11,21H,3-4,9-10,18H2. The molecule has 0 radical (unpaired) electrons. The van der Waals surface area contributed by atoms with Crippen LogP contribution in [0.5, 0.6) is 5.75 Å². The third-order valence-corrected chi connectivity index (χ3v) is 5.63. The highest BCUT2D eigenvalue weighted by atomic mass is 32.2. The Morgan fingerprint density at radius 3 is 2.42 bits per heavy atom. The molecule has 0 saturated carbocycles. The van der Waals surface area contributed by atoms with Gasteiger partial charge in [-0.05, 0) is 43.7 Å². The van der Waals surface area contributed by atoms with Crippen LogP contribution in [0.3, 0.4) is 0 Å². The lowest BCUT2D eigenvalue weighted by Gasteiger charge is -2.22. The van der Waals surface area contributed by atoms with Crippen molar-refractivity contribution in [1.29, 1.82) is 0 Å². The van der Waals surface area contributed by atoms with Crippen LogP contribution < -0.4 is 14.3 Å². The number of phenolic OH excluding ortho intramolecular Hbond substituents is 1. The molecule has 24 heavy (non-hydrogen) atoms. The van der Waals surface area contributed by atoms with Crippen LogP contribution in [0.1, 0.15) is 12.8 Å². The SMILES string of the molecule is NCCCCN1c2ccccc2N(c2ccc(O)cc2F)S1(=O)=O. The molecule has 0 atom stereocenters. The Hall–Kier alpha value is -2.32. The largest absolute Gasteiger partial charge is 0.508 e. The Morgan fingerprint density at radius 1 is 1.04 bits per heavy atom. The molecular formula is C16H18FN3O3S. The summed E-state index contributed by atoms with van der Waals surface area (Å²) in [6.45, 7) is 0.749. The minimum atomic E-state index is -3.95. The van der Waals surface area contributed by atoms with Gasteiger partial charge < -0.3 is 10.8 Å². The lowest BCUT2D eigenvalue weighted by Crippen LogP contribution is -2.36. The van der Waals surface area contributed by atoms with Gasteiger partial charge in [0.15, 0.2) is 5.82 Å². The summed E-state index contributed by atoms with van der Waals surface area (Å²) in [6, 6.07) is 10.2. The number of para-hydroxylation sites is 2. The smallest absolute Gasteiger partial charge is 0.331 e. The van der Waals surface area contributed by atoms with E-state index in [1.165, 1.54) is 16.4 Å². The zero-order chi connectivity index (χ0) is 17.3. The van der Waals surface area contributed by atoms with Gasteiger partial charge in [0, 0.05) is 12.6 Å². The predicted molar refractivity (Wildman–Crippen MR) is 91.2 cm³/mol. The summed E-state index contributed by atoms with van der Waals surface area (Å²) >= 11 is 0. The second-order valence-electron chi connectivity index (χ2n) is 5.46. The molecule has 6 nitrogen and oxygen atoms in total. The van der Waals surface area contributed by atoms with Crippen LogP contribution in [-0.4, -0.2) is 26.6 Å². The first-order valence-corrected chi connectivity index (χ1v) is 8.97. The lowest BCUT2D eigenvalue weighted by molar-refractivity contribution is 0.469. The molecule has 8 heteroatoms. The van der Waals surface area contributed by atoms with Crippen molar-refractivity contribution in [2.24, 2.45) is 5.73 Å². The molecule has 3 rings (SSSR count). The van der Waals surface area contributed by atoms with Crippen LogP contribution in [0.4, 0.5) is 21.5 Å². The first-order valence-electron chi connectivity index (χ1n) is 7.57. The fraction of sp³-hybridized carbons (Fsp3) is 0.250. The van der Waals surface area contributed by atoms with E-state index in [4.69, 9.17) is 5.73 Å². The van der Waals surface area contributed by atoms with Gasteiger partial charge in [-0.15, -0.1) is 0 Å². The van der Waals surface area contributed by atoms with Crippen molar-refractivity contribution in [3.8, 4) is 5.75 Å². The van der Waals surface area contributed by atoms with E-state index in [0.717, 1.165) is 10.4 Å². The molecule has 1 aliphatic rings. The molecule has 0 spiro atoms. The molecule has 1 aliphatic heterocycles. The molecule has 2 aromatic carbocycles. The van der Waals surface area contributed by atoms with E-state index in [0.29, 0.717) is 30.8 Å². The number of fused-ring (bicyclic) bond motifs is 1. The molecule has 0 aromatic heterocycles. The van der Waals surface area contributed by atoms with Gasteiger partial charge in [-0.3, -0.25) is 4.31 Å². The number of anilines is 3. The first-order chi connectivity index (χ1) is 11.5. The Labute approximate surface area is 140 Å². The van der Waals surface area contributed by atoms with Gasteiger partial charge in [0.05, 0.1) is 17.1 Å². The molecule has 0 fully saturated rings. The number of nitrogens with two attached hydrogens (primary N) is 1. The van der Waals surface area contributed by atoms with Gasteiger partial charge in [0.1, 0.15) is 5.75 Å². The fourth-order valence-electron chi connectivity index (χ4n) is 2.74. The van der Waals surface area contributed by atoms with Crippen molar-refractivity contribution in [1.82, 2.24) is 0 Å². The lowest BCUT2D eigenvalue weighted by atomic mass is 10.2. The highest BCUT2D eigenvalue weighted by molar-refractivity contribution is 7.95. The van der Waals surface area contributed by atoms with E-state index in [2.05, 4.69) is 0 Å². The molecule has 0 bridgehead atoms. The Morgan fingerprint density at radius 2 is 1.75 bits per heavy atom. The summed E-state index contributed by atoms with van der Waals surface area (Å²) in [7, 11) is -3.95. The van der Waals surface area contributed by atoms with E-state index in [9.17, 15) is 17.9 Å². The van der Waals surface area contributed by atoms with Crippen LogP contribution in [0.15, 0.2) is 42.5 Å². The van der Waals surface area contributed by atoms with Crippen molar-refractivity contribution in [2.45, 2.75) is 12.8 Å². The molecule has 128 valence electrons. The number of phenols is 1. The summed E-state index contributed by atoms with van der Waals surface area (Å²) < 4.78 is 42.5. The summed E-state index contributed by atoms with van der Waals surface area (Å²) in [6.07, 6.45) is 1.30. The molecular weight excluding hydrogens is 333 g/mol. The third-order valence-electron chi connectivity index (χ3n) is 3.84. The third kappa shape index (κ3) is 2.67. The predicted octanol–water partition coefficient (Wildman–Crippen LogP) is 2.47. The minimum absolute atomic E-state index is 0.124. The Balaban J connectivity index is 2.10. The average Bonchev–Trinajstić information content (AvgIpc) is 2.76. The maximum absolute atomic E-state index is 14.3. The summed E-state index contributed by atoms with van der Waals surface area (Å²) in [5, 5.41) is 9.37. The molecule has 1 heterocycles. The summed E-state index contributed by atoms with van der Waals surface area (Å²) in [4.78, 5) is 0. The Kier molecular flexibility index (Phi) is 4.33. The van der Waals surface area contributed by atoms with E-state index >= 15 is 0 Å². The zero-order valence-electron chi connectivity index (χ0n) is 12.9. The maximum atomic E-state index is 14.3. The number of hydrogen-bond donors (Lipinski definition) is 2. The second-order valence-corrected chi connectivity index (χ2v) is 7.17. The van der Waals surface area contributed by atoms with Crippen LogP contribution in [0.25, 0.3) is 0 Å². The number of benzene rings is 2. The molecule has 0 unspecified atom stereocenters. The van der Waals surface area contributed by atoms with Crippen LogP contribution >= 0.6 is 0 Å². The van der Waals surface area contributed by atoms with Crippen molar-refractivity contribution in [3.63, 3.8) is 0 Å². The molecule has 0 amide bonds. The Bertz CT molecular complexity index is 857. The van der Waals surface area contributed by atoms with E-state index in [-0.39, 0.29) is 18.0 Å².